The van der Waals surface area contributed by atoms with Gasteiger partial charge in [-0.1, -0.05) is 12.2 Å². The van der Waals surface area contributed by atoms with E-state index in [9.17, 15) is 4.39 Å². The van der Waals surface area contributed by atoms with E-state index in [2.05, 4.69) is 0 Å². The molecule has 0 aliphatic carbocycles. The van der Waals surface area contributed by atoms with E-state index in [1.165, 1.54) is 12.1 Å². The molecule has 0 unspecified atom stereocenters. The Morgan fingerprint density at radius 2 is 2.25 bits per heavy atom. The lowest BCUT2D eigenvalue weighted by Gasteiger charge is -2.17. The van der Waals surface area contributed by atoms with Gasteiger partial charge in [0.2, 0.25) is 0 Å². The number of aliphatic hydroxyl groups excluding tert-OH is 1. The third-order valence-corrected chi connectivity index (χ3v) is 2.47. The van der Waals surface area contributed by atoms with E-state index >= 15 is 0 Å². The summed E-state index contributed by atoms with van der Waals surface area (Å²) < 4.78 is 13.1. The van der Waals surface area contributed by atoms with Crippen LogP contribution in [0.5, 0.6) is 0 Å². The predicted octanol–water partition coefficient (Wildman–Crippen LogP) is 0.884. The monoisotopic (exact) mass is 242 g/mol. The molecule has 0 bridgehead atoms. The summed E-state index contributed by atoms with van der Waals surface area (Å²) in [7, 11) is 1.84. The normalized spacial score (nSPS) is 10.8. The fourth-order valence-corrected chi connectivity index (χ4v) is 1.67. The van der Waals surface area contributed by atoms with E-state index in [-0.39, 0.29) is 17.4 Å². The summed E-state index contributed by atoms with van der Waals surface area (Å²) in [5.74, 6) is -0.313. The lowest BCUT2D eigenvalue weighted by Crippen LogP contribution is -2.23. The summed E-state index contributed by atoms with van der Waals surface area (Å²) in [5, 5.41) is 8.78. The highest BCUT2D eigenvalue weighted by atomic mass is 32.1. The molecule has 3 nitrogen and oxygen atoms in total. The van der Waals surface area contributed by atoms with Crippen LogP contribution in [0.2, 0.25) is 0 Å². The van der Waals surface area contributed by atoms with E-state index in [4.69, 9.17) is 23.1 Å². The third kappa shape index (κ3) is 3.52. The molecule has 0 saturated heterocycles. The molecule has 0 atom stereocenters. The van der Waals surface area contributed by atoms with Crippen molar-refractivity contribution in [1.29, 1.82) is 0 Å². The second-order valence-corrected chi connectivity index (χ2v) is 4.07. The van der Waals surface area contributed by atoms with Crippen LogP contribution < -0.4 is 5.73 Å². The van der Waals surface area contributed by atoms with Gasteiger partial charge in [0.1, 0.15) is 10.8 Å². The third-order valence-electron chi connectivity index (χ3n) is 2.25. The molecular formula is C11H15FN2OS. The van der Waals surface area contributed by atoms with Gasteiger partial charge in [-0.25, -0.2) is 4.39 Å². The first-order chi connectivity index (χ1) is 7.54. The SMILES string of the molecule is CN(CCO)Cc1cc(F)ccc1C(N)=S. The van der Waals surface area contributed by atoms with Crippen LogP contribution in [-0.4, -0.2) is 35.2 Å². The van der Waals surface area contributed by atoms with Crippen molar-refractivity contribution >= 4 is 17.2 Å². The number of thiocarbonyl (C=S) groups is 1. The Kier molecular flexibility index (Phi) is 4.79. The zero-order valence-electron chi connectivity index (χ0n) is 9.11. The topological polar surface area (TPSA) is 49.5 Å². The summed E-state index contributed by atoms with van der Waals surface area (Å²) in [5.41, 5.74) is 6.98. The molecule has 0 aliphatic rings. The van der Waals surface area contributed by atoms with E-state index in [0.717, 1.165) is 5.56 Å². The summed E-state index contributed by atoms with van der Waals surface area (Å²) in [6.45, 7) is 1.09. The molecule has 1 aromatic rings. The van der Waals surface area contributed by atoms with Gasteiger partial charge in [-0.05, 0) is 30.8 Å². The van der Waals surface area contributed by atoms with Crippen molar-refractivity contribution in [3.05, 3.63) is 35.1 Å². The van der Waals surface area contributed by atoms with Crippen LogP contribution in [0.25, 0.3) is 0 Å². The van der Waals surface area contributed by atoms with Crippen LogP contribution in [0.4, 0.5) is 4.39 Å². The molecule has 0 aliphatic heterocycles. The highest BCUT2D eigenvalue weighted by Gasteiger charge is 2.08. The highest BCUT2D eigenvalue weighted by molar-refractivity contribution is 7.80. The van der Waals surface area contributed by atoms with E-state index in [0.29, 0.717) is 18.7 Å². The number of hydrogen-bond donors (Lipinski definition) is 2. The number of rotatable bonds is 5. The number of nitrogens with zero attached hydrogens (tertiary/aromatic N) is 1. The van der Waals surface area contributed by atoms with E-state index in [1.54, 1.807) is 6.07 Å². The van der Waals surface area contributed by atoms with Crippen LogP contribution in [0.3, 0.4) is 0 Å². The maximum Gasteiger partial charge on any atom is 0.123 e. The van der Waals surface area contributed by atoms with Gasteiger partial charge in [0, 0.05) is 18.7 Å². The van der Waals surface area contributed by atoms with Crippen molar-refractivity contribution in [3.63, 3.8) is 0 Å². The zero-order valence-corrected chi connectivity index (χ0v) is 9.93. The Hall–Kier alpha value is -1.04. The Balaban J connectivity index is 2.92. The Morgan fingerprint density at radius 1 is 1.56 bits per heavy atom. The minimum absolute atomic E-state index is 0.0637. The Labute approximate surface area is 99.7 Å². The first kappa shape index (κ1) is 13.0. The lowest BCUT2D eigenvalue weighted by molar-refractivity contribution is 0.217. The fraction of sp³-hybridized carbons (Fsp3) is 0.364. The molecule has 0 fully saturated rings. The quantitative estimate of drug-likeness (QED) is 0.753. The second kappa shape index (κ2) is 5.89. The van der Waals surface area contributed by atoms with Crippen LogP contribution >= 0.6 is 12.2 Å². The first-order valence-corrected chi connectivity index (χ1v) is 5.33. The molecule has 1 aromatic carbocycles. The highest BCUT2D eigenvalue weighted by Crippen LogP contribution is 2.13. The zero-order chi connectivity index (χ0) is 12.1. The van der Waals surface area contributed by atoms with Gasteiger partial charge in [-0.2, -0.15) is 0 Å². The van der Waals surface area contributed by atoms with Gasteiger partial charge < -0.3 is 10.8 Å². The van der Waals surface area contributed by atoms with Crippen molar-refractivity contribution < 1.29 is 9.50 Å². The van der Waals surface area contributed by atoms with Crippen molar-refractivity contribution in [3.8, 4) is 0 Å². The molecule has 16 heavy (non-hydrogen) atoms. The predicted molar refractivity (Wildman–Crippen MR) is 65.7 cm³/mol. The Bertz CT molecular complexity index is 384. The van der Waals surface area contributed by atoms with Crippen molar-refractivity contribution in [1.82, 2.24) is 4.90 Å². The summed E-state index contributed by atoms with van der Waals surface area (Å²) in [6, 6.07) is 4.34. The van der Waals surface area contributed by atoms with Crippen molar-refractivity contribution in [2.75, 3.05) is 20.2 Å². The molecule has 3 N–H and O–H groups in total. The summed E-state index contributed by atoms with van der Waals surface area (Å²) in [4.78, 5) is 2.13. The maximum absolute atomic E-state index is 13.1. The number of likely N-dealkylation sites (N-methyl/N-ethyl adjacent to an activating group) is 1. The number of halogens is 1. The number of hydrogen-bond acceptors (Lipinski definition) is 3. The molecule has 0 heterocycles. The molecule has 0 aromatic heterocycles. The standard InChI is InChI=1S/C11H15FN2OS/c1-14(4-5-15)7-8-6-9(12)2-3-10(8)11(13)16/h2-3,6,15H,4-5,7H2,1H3,(H2,13,16). The Morgan fingerprint density at radius 3 is 2.81 bits per heavy atom. The molecule has 1 rings (SSSR count). The molecular weight excluding hydrogens is 227 g/mol. The van der Waals surface area contributed by atoms with Crippen LogP contribution in [-0.2, 0) is 6.54 Å². The van der Waals surface area contributed by atoms with Gasteiger partial charge in [0.15, 0.2) is 0 Å². The number of benzene rings is 1. The van der Waals surface area contributed by atoms with E-state index < -0.39 is 0 Å². The molecule has 0 amide bonds. The van der Waals surface area contributed by atoms with Gasteiger partial charge in [0.25, 0.3) is 0 Å². The second-order valence-electron chi connectivity index (χ2n) is 3.63. The van der Waals surface area contributed by atoms with Crippen LogP contribution in [0.15, 0.2) is 18.2 Å². The molecule has 5 heteroatoms. The average molecular weight is 242 g/mol. The van der Waals surface area contributed by atoms with Gasteiger partial charge in [0.05, 0.1) is 6.61 Å². The molecule has 0 spiro atoms. The minimum atomic E-state index is -0.313. The smallest absolute Gasteiger partial charge is 0.123 e. The number of nitrogens with two attached hydrogens (primary N) is 1. The average Bonchev–Trinajstić information content (AvgIpc) is 2.17. The summed E-state index contributed by atoms with van der Waals surface area (Å²) >= 11 is 4.90. The van der Waals surface area contributed by atoms with Crippen molar-refractivity contribution in [2.45, 2.75) is 6.54 Å². The van der Waals surface area contributed by atoms with Crippen molar-refractivity contribution in [2.24, 2.45) is 5.73 Å². The van der Waals surface area contributed by atoms with E-state index in [1.807, 2.05) is 11.9 Å². The van der Waals surface area contributed by atoms with Gasteiger partial charge >= 0.3 is 0 Å². The molecule has 88 valence electrons. The largest absolute Gasteiger partial charge is 0.395 e. The fourth-order valence-electron chi connectivity index (χ4n) is 1.47. The lowest BCUT2D eigenvalue weighted by atomic mass is 10.1. The van der Waals surface area contributed by atoms with Gasteiger partial charge in [-0.3, -0.25) is 4.90 Å². The van der Waals surface area contributed by atoms with Crippen LogP contribution in [0.1, 0.15) is 11.1 Å². The maximum atomic E-state index is 13.1. The van der Waals surface area contributed by atoms with Crippen LogP contribution in [0, 0.1) is 5.82 Å². The van der Waals surface area contributed by atoms with Gasteiger partial charge in [-0.15, -0.1) is 0 Å². The number of aliphatic hydroxyl groups is 1. The minimum Gasteiger partial charge on any atom is -0.395 e. The molecule has 0 saturated carbocycles. The first-order valence-electron chi connectivity index (χ1n) is 4.92. The summed E-state index contributed by atoms with van der Waals surface area (Å²) in [6.07, 6.45) is 0. The molecule has 0 radical (unpaired) electrons.